The van der Waals surface area contributed by atoms with Gasteiger partial charge in [-0.1, -0.05) is 12.1 Å². The van der Waals surface area contributed by atoms with Crippen molar-refractivity contribution in [1.82, 2.24) is 9.88 Å². The zero-order chi connectivity index (χ0) is 25.2. The molecule has 4 rings (SSSR count). The lowest BCUT2D eigenvalue weighted by atomic mass is 9.99. The van der Waals surface area contributed by atoms with Crippen LogP contribution in [0.2, 0.25) is 0 Å². The van der Waals surface area contributed by atoms with E-state index in [1.807, 2.05) is 0 Å². The molecule has 1 unspecified atom stereocenters. The van der Waals surface area contributed by atoms with Gasteiger partial charge in [-0.3, -0.25) is 9.59 Å². The number of hydrogen-bond acceptors (Lipinski definition) is 6. The van der Waals surface area contributed by atoms with Gasteiger partial charge in [-0.05, 0) is 29.8 Å². The van der Waals surface area contributed by atoms with Crippen molar-refractivity contribution < 1.29 is 37.4 Å². The van der Waals surface area contributed by atoms with Gasteiger partial charge in [0.05, 0.1) is 41.3 Å². The number of carbonyl (C=O) groups excluding carboxylic acids is 2. The van der Waals surface area contributed by atoms with Crippen LogP contribution in [0, 0.1) is 5.82 Å². The van der Waals surface area contributed by atoms with Crippen molar-refractivity contribution in [3.05, 3.63) is 69.3 Å². The summed E-state index contributed by atoms with van der Waals surface area (Å²) in [6, 6.07) is 6.02. The van der Waals surface area contributed by atoms with E-state index in [1.165, 1.54) is 18.2 Å². The number of benzene rings is 2. The Labute approximate surface area is 189 Å². The van der Waals surface area contributed by atoms with Gasteiger partial charge in [0.15, 0.2) is 0 Å². The molecule has 2 heterocycles. The van der Waals surface area contributed by atoms with Crippen LogP contribution < -0.4 is 16.2 Å². The van der Waals surface area contributed by atoms with Crippen LogP contribution in [0.5, 0.6) is 5.75 Å². The van der Waals surface area contributed by atoms with E-state index in [0.29, 0.717) is 11.8 Å². The molecule has 0 spiro atoms. The summed E-state index contributed by atoms with van der Waals surface area (Å²) in [6.07, 6.45) is -4.13. The fraction of sp³-hybridized carbons (Fsp3) is 0.227. The lowest BCUT2D eigenvalue weighted by Gasteiger charge is -2.30. The fourth-order valence-electron chi connectivity index (χ4n) is 3.76. The van der Waals surface area contributed by atoms with Gasteiger partial charge in [0.2, 0.25) is 0 Å². The first-order chi connectivity index (χ1) is 16.1. The lowest BCUT2D eigenvalue weighted by molar-refractivity contribution is -0.137. The molecule has 0 radical (unpaired) electrons. The lowest BCUT2D eigenvalue weighted by Crippen LogP contribution is -2.37. The summed E-state index contributed by atoms with van der Waals surface area (Å²) in [5, 5.41) is 22.3. The van der Waals surface area contributed by atoms with E-state index >= 15 is 0 Å². The van der Waals surface area contributed by atoms with Crippen molar-refractivity contribution in [1.29, 1.82) is 0 Å². The smallest absolute Gasteiger partial charge is 0.416 e. The Hall–Kier alpha value is -3.93. The van der Waals surface area contributed by atoms with Crippen LogP contribution in [-0.2, 0) is 17.5 Å². The number of hydrogen-bond donors (Lipinski definition) is 4. The standard InChI is InChI=1S/C21H15F4N3O4.CH4O/c22-12-5-6-13-17-15(12)18(30)16(19(31)26-7-8-29)20(32)28(17)9-14(27-13)10-1-3-11(4-2-10)21(23,24)25;1-2/h1-6,8,14,27,30H,7,9H2,(H,26,31);2H,1H3. The third kappa shape index (κ3) is 4.31. The fourth-order valence-corrected chi connectivity index (χ4v) is 3.76. The number of rotatable bonds is 4. The van der Waals surface area contributed by atoms with Gasteiger partial charge in [0.25, 0.3) is 11.5 Å². The maximum Gasteiger partial charge on any atom is 0.416 e. The Morgan fingerprint density at radius 2 is 1.85 bits per heavy atom. The molecule has 0 fully saturated rings. The highest BCUT2D eigenvalue weighted by Gasteiger charge is 2.32. The zero-order valence-corrected chi connectivity index (χ0v) is 17.6. The summed E-state index contributed by atoms with van der Waals surface area (Å²) >= 11 is 0. The average molecular weight is 481 g/mol. The molecule has 1 aliphatic heterocycles. The summed E-state index contributed by atoms with van der Waals surface area (Å²) in [5.41, 5.74) is -1.80. The topological polar surface area (TPSA) is 121 Å². The van der Waals surface area contributed by atoms with Crippen LogP contribution in [0.25, 0.3) is 10.9 Å². The number of halogens is 4. The summed E-state index contributed by atoms with van der Waals surface area (Å²) in [4.78, 5) is 36.0. The summed E-state index contributed by atoms with van der Waals surface area (Å²) in [5.74, 6) is -2.80. The van der Waals surface area contributed by atoms with Crippen LogP contribution in [-0.4, -0.2) is 40.6 Å². The number of carbonyl (C=O) groups is 2. The minimum absolute atomic E-state index is 0.0163. The molecule has 8 nitrogen and oxygen atoms in total. The molecule has 0 saturated heterocycles. The molecule has 0 bridgehead atoms. The zero-order valence-electron chi connectivity index (χ0n) is 17.6. The highest BCUT2D eigenvalue weighted by molar-refractivity contribution is 6.05. The number of aromatic nitrogens is 1. The van der Waals surface area contributed by atoms with Crippen LogP contribution in [0.3, 0.4) is 0 Å². The van der Waals surface area contributed by atoms with E-state index in [-0.39, 0.29) is 23.1 Å². The second-order valence-corrected chi connectivity index (χ2v) is 7.15. The number of nitrogens with one attached hydrogen (secondary N) is 2. The van der Waals surface area contributed by atoms with Crippen molar-refractivity contribution >= 4 is 28.8 Å². The van der Waals surface area contributed by atoms with Crippen molar-refractivity contribution in [3.63, 3.8) is 0 Å². The maximum atomic E-state index is 14.6. The molecule has 3 aromatic rings. The molecule has 1 aromatic heterocycles. The average Bonchev–Trinajstić information content (AvgIpc) is 2.82. The maximum absolute atomic E-state index is 14.6. The number of pyridine rings is 1. The first-order valence-corrected chi connectivity index (χ1v) is 9.81. The van der Waals surface area contributed by atoms with Gasteiger partial charge in [-0.15, -0.1) is 0 Å². The second kappa shape index (κ2) is 9.51. The Bertz CT molecular complexity index is 1300. The summed E-state index contributed by atoms with van der Waals surface area (Å²) < 4.78 is 54.3. The van der Waals surface area contributed by atoms with Gasteiger partial charge in [0, 0.05) is 7.11 Å². The Morgan fingerprint density at radius 3 is 2.44 bits per heavy atom. The number of nitrogens with zero attached hydrogens (tertiary/aromatic N) is 1. The largest absolute Gasteiger partial charge is 0.506 e. The molecule has 0 aliphatic carbocycles. The van der Waals surface area contributed by atoms with E-state index in [2.05, 4.69) is 10.6 Å². The monoisotopic (exact) mass is 481 g/mol. The number of anilines is 1. The van der Waals surface area contributed by atoms with E-state index < -0.39 is 52.9 Å². The predicted molar refractivity (Wildman–Crippen MR) is 114 cm³/mol. The molecule has 1 aliphatic rings. The van der Waals surface area contributed by atoms with Crippen LogP contribution in [0.1, 0.15) is 27.5 Å². The normalized spacial score (nSPS) is 14.6. The Balaban J connectivity index is 0.00000158. The molecule has 12 heteroatoms. The van der Waals surface area contributed by atoms with Crippen molar-refractivity contribution in [3.8, 4) is 5.75 Å². The van der Waals surface area contributed by atoms with Gasteiger partial charge in [-0.2, -0.15) is 13.2 Å². The first kappa shape index (κ1) is 24.7. The van der Waals surface area contributed by atoms with Gasteiger partial charge in [-0.25, -0.2) is 4.39 Å². The first-order valence-electron chi connectivity index (χ1n) is 9.81. The van der Waals surface area contributed by atoms with Gasteiger partial charge < -0.3 is 30.2 Å². The molecule has 1 atom stereocenters. The SMILES string of the molecule is CO.O=CCNC(=O)c1c(O)c2c(F)ccc3c2n(c1=O)CC(c1ccc(C(F)(F)F)cc1)N3. The van der Waals surface area contributed by atoms with Crippen LogP contribution in [0.4, 0.5) is 23.2 Å². The summed E-state index contributed by atoms with van der Waals surface area (Å²) in [7, 11) is 1.00. The minimum atomic E-state index is -4.51. The predicted octanol–water partition coefficient (Wildman–Crippen LogP) is 2.57. The number of aromatic hydroxyl groups is 1. The number of amides is 1. The van der Waals surface area contributed by atoms with Crippen molar-refractivity contribution in [2.75, 3.05) is 19.0 Å². The summed E-state index contributed by atoms with van der Waals surface area (Å²) in [6.45, 7) is -0.570. The van der Waals surface area contributed by atoms with Crippen LogP contribution >= 0.6 is 0 Å². The molecular formula is C22H19F4N3O5. The molecule has 4 N–H and O–H groups in total. The molecule has 0 saturated carbocycles. The van der Waals surface area contributed by atoms with Crippen molar-refractivity contribution in [2.45, 2.75) is 18.8 Å². The highest BCUT2D eigenvalue weighted by Crippen LogP contribution is 2.39. The van der Waals surface area contributed by atoms with Gasteiger partial charge in [0.1, 0.15) is 23.4 Å². The quantitative estimate of drug-likeness (QED) is 0.336. The number of alkyl halides is 3. The van der Waals surface area contributed by atoms with E-state index in [1.54, 1.807) is 0 Å². The molecule has 1 amide bonds. The molecule has 180 valence electrons. The minimum Gasteiger partial charge on any atom is -0.506 e. The second-order valence-electron chi connectivity index (χ2n) is 7.15. The molecular weight excluding hydrogens is 462 g/mol. The van der Waals surface area contributed by atoms with Gasteiger partial charge >= 0.3 is 6.18 Å². The number of aliphatic hydroxyl groups is 1. The van der Waals surface area contributed by atoms with Crippen molar-refractivity contribution in [2.24, 2.45) is 0 Å². The Kier molecular flexibility index (Phi) is 6.91. The Morgan fingerprint density at radius 1 is 1.21 bits per heavy atom. The highest BCUT2D eigenvalue weighted by atomic mass is 19.4. The number of aldehydes is 1. The van der Waals surface area contributed by atoms with E-state index in [4.69, 9.17) is 5.11 Å². The van der Waals surface area contributed by atoms with Crippen LogP contribution in [0.15, 0.2) is 41.2 Å². The molecule has 2 aromatic carbocycles. The third-order valence-corrected chi connectivity index (χ3v) is 5.24. The van der Waals surface area contributed by atoms with E-state index in [0.717, 1.165) is 29.9 Å². The third-order valence-electron chi connectivity index (χ3n) is 5.24. The molecule has 34 heavy (non-hydrogen) atoms. The van der Waals surface area contributed by atoms with E-state index in [9.17, 15) is 37.1 Å². The number of aliphatic hydroxyl groups excluding tert-OH is 1.